The second-order valence-electron chi connectivity index (χ2n) is 3.81. The molecule has 0 aromatic heterocycles. The lowest BCUT2D eigenvalue weighted by Gasteiger charge is -2.17. The highest BCUT2D eigenvalue weighted by Gasteiger charge is 2.17. The van der Waals surface area contributed by atoms with Gasteiger partial charge in [-0.25, -0.2) is 0 Å². The summed E-state index contributed by atoms with van der Waals surface area (Å²) < 4.78 is 4.50. The van der Waals surface area contributed by atoms with Crippen LogP contribution in [0.5, 0.6) is 0 Å². The highest BCUT2D eigenvalue weighted by molar-refractivity contribution is 5.97. The summed E-state index contributed by atoms with van der Waals surface area (Å²) in [4.78, 5) is 24.4. The van der Waals surface area contributed by atoms with E-state index in [1.807, 2.05) is 6.92 Å². The highest BCUT2D eigenvalue weighted by Crippen LogP contribution is 2.14. The van der Waals surface area contributed by atoms with E-state index in [1.54, 1.807) is 25.2 Å². The molecule has 2 N–H and O–H groups in total. The SMILES string of the molecule is COC(=O)CN(C)C(=O)c1cc(N)ccc1C. The minimum Gasteiger partial charge on any atom is -0.468 e. The number of amides is 1. The number of nitrogens with zero attached hydrogens (tertiary/aromatic N) is 1. The summed E-state index contributed by atoms with van der Waals surface area (Å²) in [6.45, 7) is 1.74. The lowest BCUT2D eigenvalue weighted by Crippen LogP contribution is -2.33. The van der Waals surface area contributed by atoms with Crippen molar-refractivity contribution >= 4 is 17.6 Å². The molecule has 0 atom stereocenters. The van der Waals surface area contributed by atoms with Gasteiger partial charge in [0.2, 0.25) is 0 Å². The van der Waals surface area contributed by atoms with E-state index in [0.29, 0.717) is 11.3 Å². The number of rotatable bonds is 3. The van der Waals surface area contributed by atoms with Crippen LogP contribution < -0.4 is 5.73 Å². The third kappa shape index (κ3) is 3.21. The zero-order valence-electron chi connectivity index (χ0n) is 10.2. The second-order valence-corrected chi connectivity index (χ2v) is 3.81. The predicted molar refractivity (Wildman–Crippen MR) is 64.6 cm³/mol. The lowest BCUT2D eigenvalue weighted by molar-refractivity contribution is -0.141. The first-order valence-electron chi connectivity index (χ1n) is 5.14. The fraction of sp³-hybridized carbons (Fsp3) is 0.333. The first kappa shape index (κ1) is 13.0. The summed E-state index contributed by atoms with van der Waals surface area (Å²) in [5.74, 6) is -0.706. The molecule has 5 heteroatoms. The van der Waals surface area contributed by atoms with Gasteiger partial charge in [-0.1, -0.05) is 6.07 Å². The molecule has 0 spiro atoms. The Hall–Kier alpha value is -2.04. The molecule has 0 aliphatic heterocycles. The van der Waals surface area contributed by atoms with Crippen LogP contribution in [-0.4, -0.2) is 37.5 Å². The van der Waals surface area contributed by atoms with Gasteiger partial charge in [0, 0.05) is 18.3 Å². The van der Waals surface area contributed by atoms with E-state index >= 15 is 0 Å². The molecular formula is C12H16N2O3. The van der Waals surface area contributed by atoms with Crippen LogP contribution in [0.3, 0.4) is 0 Å². The van der Waals surface area contributed by atoms with Crippen molar-refractivity contribution in [1.82, 2.24) is 4.90 Å². The van der Waals surface area contributed by atoms with Crippen molar-refractivity contribution in [3.8, 4) is 0 Å². The smallest absolute Gasteiger partial charge is 0.325 e. The van der Waals surface area contributed by atoms with Gasteiger partial charge in [0.15, 0.2) is 0 Å². The van der Waals surface area contributed by atoms with Crippen LogP contribution in [0.15, 0.2) is 18.2 Å². The number of aryl methyl sites for hydroxylation is 1. The van der Waals surface area contributed by atoms with Gasteiger partial charge >= 0.3 is 5.97 Å². The number of anilines is 1. The number of nitrogens with two attached hydrogens (primary N) is 1. The Balaban J connectivity index is 2.88. The van der Waals surface area contributed by atoms with Crippen molar-refractivity contribution in [3.63, 3.8) is 0 Å². The van der Waals surface area contributed by atoms with Crippen molar-refractivity contribution < 1.29 is 14.3 Å². The third-order valence-electron chi connectivity index (χ3n) is 2.43. The topological polar surface area (TPSA) is 72.6 Å². The summed E-state index contributed by atoms with van der Waals surface area (Å²) in [5.41, 5.74) is 7.47. The number of likely N-dealkylation sites (N-methyl/N-ethyl adjacent to an activating group) is 1. The van der Waals surface area contributed by atoms with E-state index in [9.17, 15) is 9.59 Å². The van der Waals surface area contributed by atoms with Crippen LogP contribution in [0.2, 0.25) is 0 Å². The monoisotopic (exact) mass is 236 g/mol. The zero-order chi connectivity index (χ0) is 13.0. The Labute approximate surface area is 100 Å². The largest absolute Gasteiger partial charge is 0.468 e. The van der Waals surface area contributed by atoms with Crippen molar-refractivity contribution in [1.29, 1.82) is 0 Å². The maximum absolute atomic E-state index is 12.0. The van der Waals surface area contributed by atoms with Crippen LogP contribution in [0, 0.1) is 6.92 Å². The van der Waals surface area contributed by atoms with Crippen LogP contribution in [0.25, 0.3) is 0 Å². The Morgan fingerprint density at radius 2 is 2.06 bits per heavy atom. The summed E-state index contributed by atoms with van der Waals surface area (Å²) in [6.07, 6.45) is 0. The molecule has 1 amide bonds. The molecule has 0 saturated carbocycles. The van der Waals surface area contributed by atoms with Gasteiger partial charge in [0.25, 0.3) is 5.91 Å². The van der Waals surface area contributed by atoms with Crippen LogP contribution in [-0.2, 0) is 9.53 Å². The maximum atomic E-state index is 12.0. The molecule has 0 radical (unpaired) electrons. The Morgan fingerprint density at radius 3 is 2.65 bits per heavy atom. The summed E-state index contributed by atoms with van der Waals surface area (Å²) in [6, 6.07) is 5.10. The first-order chi connectivity index (χ1) is 7.95. The van der Waals surface area contributed by atoms with E-state index in [1.165, 1.54) is 12.0 Å². The third-order valence-corrected chi connectivity index (χ3v) is 2.43. The van der Waals surface area contributed by atoms with E-state index < -0.39 is 5.97 Å². The quantitative estimate of drug-likeness (QED) is 0.623. The van der Waals surface area contributed by atoms with E-state index in [4.69, 9.17) is 5.73 Å². The molecule has 0 unspecified atom stereocenters. The van der Waals surface area contributed by atoms with Gasteiger partial charge in [-0.3, -0.25) is 9.59 Å². The van der Waals surface area contributed by atoms with Crippen molar-refractivity contribution in [3.05, 3.63) is 29.3 Å². The summed E-state index contributed by atoms with van der Waals surface area (Å²) >= 11 is 0. The number of hydrogen-bond donors (Lipinski definition) is 1. The molecule has 1 aromatic rings. The number of ether oxygens (including phenoxy) is 1. The summed E-state index contributed by atoms with van der Waals surface area (Å²) in [7, 11) is 2.83. The number of carbonyl (C=O) groups is 2. The van der Waals surface area contributed by atoms with Gasteiger partial charge in [0.1, 0.15) is 6.54 Å². The fourth-order valence-electron chi connectivity index (χ4n) is 1.41. The van der Waals surface area contributed by atoms with Gasteiger partial charge in [-0.15, -0.1) is 0 Å². The molecule has 1 rings (SSSR count). The average molecular weight is 236 g/mol. The molecule has 0 aliphatic rings. The highest BCUT2D eigenvalue weighted by atomic mass is 16.5. The van der Waals surface area contributed by atoms with Crippen molar-refractivity contribution in [2.75, 3.05) is 26.4 Å². The minimum absolute atomic E-state index is 0.0798. The van der Waals surface area contributed by atoms with Gasteiger partial charge in [-0.05, 0) is 24.6 Å². The number of hydrogen-bond acceptors (Lipinski definition) is 4. The second kappa shape index (κ2) is 5.34. The van der Waals surface area contributed by atoms with Crippen LogP contribution >= 0.6 is 0 Å². The molecule has 92 valence electrons. The van der Waals surface area contributed by atoms with E-state index in [-0.39, 0.29) is 12.5 Å². The van der Waals surface area contributed by atoms with Gasteiger partial charge in [-0.2, -0.15) is 0 Å². The standard InChI is InChI=1S/C12H16N2O3/c1-8-4-5-9(13)6-10(8)12(16)14(2)7-11(15)17-3/h4-6H,7,13H2,1-3H3. The van der Waals surface area contributed by atoms with Crippen molar-refractivity contribution in [2.45, 2.75) is 6.92 Å². The van der Waals surface area contributed by atoms with Gasteiger partial charge < -0.3 is 15.4 Å². The number of methoxy groups -OCH3 is 1. The Kier molecular flexibility index (Phi) is 4.09. The zero-order valence-corrected chi connectivity index (χ0v) is 10.2. The fourth-order valence-corrected chi connectivity index (χ4v) is 1.41. The number of benzene rings is 1. The lowest BCUT2D eigenvalue weighted by atomic mass is 10.1. The molecule has 0 heterocycles. The molecule has 0 saturated heterocycles. The van der Waals surface area contributed by atoms with Crippen LogP contribution in [0.1, 0.15) is 15.9 Å². The first-order valence-corrected chi connectivity index (χ1v) is 5.14. The maximum Gasteiger partial charge on any atom is 0.325 e. The Morgan fingerprint density at radius 1 is 1.41 bits per heavy atom. The molecule has 5 nitrogen and oxygen atoms in total. The van der Waals surface area contributed by atoms with Crippen molar-refractivity contribution in [2.24, 2.45) is 0 Å². The average Bonchev–Trinajstić information content (AvgIpc) is 2.31. The normalized spacial score (nSPS) is 9.82. The molecule has 0 bridgehead atoms. The molecule has 1 aromatic carbocycles. The van der Waals surface area contributed by atoms with E-state index in [2.05, 4.69) is 4.74 Å². The summed E-state index contributed by atoms with van der Waals surface area (Å²) in [5, 5.41) is 0. The Bertz CT molecular complexity index is 443. The number of carbonyl (C=O) groups excluding carboxylic acids is 2. The minimum atomic E-state index is -0.456. The number of esters is 1. The number of nitrogen functional groups attached to an aromatic ring is 1. The van der Waals surface area contributed by atoms with E-state index in [0.717, 1.165) is 5.56 Å². The predicted octanol–water partition coefficient (Wildman–Crippen LogP) is 0.822. The molecule has 17 heavy (non-hydrogen) atoms. The molecule has 0 fully saturated rings. The van der Waals surface area contributed by atoms with Crippen LogP contribution in [0.4, 0.5) is 5.69 Å². The van der Waals surface area contributed by atoms with Gasteiger partial charge in [0.05, 0.1) is 7.11 Å². The molecule has 0 aliphatic carbocycles. The molecular weight excluding hydrogens is 220 g/mol.